The Hall–Kier alpha value is -1.54. The molecule has 1 aromatic rings. The van der Waals surface area contributed by atoms with Crippen molar-refractivity contribution in [2.45, 2.75) is 24.4 Å². The summed E-state index contributed by atoms with van der Waals surface area (Å²) in [5.74, 6) is -0.698. The van der Waals surface area contributed by atoms with Crippen LogP contribution in [0.15, 0.2) is 18.3 Å². The van der Waals surface area contributed by atoms with E-state index in [1.54, 1.807) is 0 Å². The molecule has 1 amide bonds. The SMILES string of the molecule is NC(=O)c1cccnc1[C@@H]1O[C@H](CO)[C@@H](O)[C@H]1O. The third-order valence-corrected chi connectivity index (χ3v) is 2.92. The van der Waals surface area contributed by atoms with E-state index in [4.69, 9.17) is 15.6 Å². The molecule has 7 heteroatoms. The van der Waals surface area contributed by atoms with Crippen LogP contribution >= 0.6 is 0 Å². The van der Waals surface area contributed by atoms with Gasteiger partial charge in [-0.05, 0) is 12.1 Å². The lowest BCUT2D eigenvalue weighted by atomic mass is 10.0. The molecule has 0 aliphatic carbocycles. The lowest BCUT2D eigenvalue weighted by Gasteiger charge is -2.16. The normalized spacial score (nSPS) is 31.5. The fraction of sp³-hybridized carbons (Fsp3) is 0.455. The number of pyridine rings is 1. The van der Waals surface area contributed by atoms with Crippen LogP contribution in [0, 0.1) is 0 Å². The van der Waals surface area contributed by atoms with Crippen LogP contribution in [0.1, 0.15) is 22.2 Å². The number of aromatic nitrogens is 1. The molecule has 0 unspecified atom stereocenters. The molecular formula is C11H14N2O5. The Morgan fingerprint density at radius 2 is 2.17 bits per heavy atom. The third kappa shape index (κ3) is 2.08. The van der Waals surface area contributed by atoms with Gasteiger partial charge in [0.1, 0.15) is 24.4 Å². The van der Waals surface area contributed by atoms with Gasteiger partial charge in [0.05, 0.1) is 17.9 Å². The second-order valence-electron chi connectivity index (χ2n) is 4.06. The van der Waals surface area contributed by atoms with Crippen LogP contribution in [0.25, 0.3) is 0 Å². The lowest BCUT2D eigenvalue weighted by Crippen LogP contribution is -2.32. The maximum atomic E-state index is 11.3. The van der Waals surface area contributed by atoms with Gasteiger partial charge in [0.25, 0.3) is 5.91 Å². The predicted octanol–water partition coefficient (Wildman–Crippen LogP) is -1.67. The van der Waals surface area contributed by atoms with E-state index < -0.39 is 36.9 Å². The molecular weight excluding hydrogens is 240 g/mol. The number of amides is 1. The summed E-state index contributed by atoms with van der Waals surface area (Å²) in [4.78, 5) is 15.2. The van der Waals surface area contributed by atoms with Crippen molar-refractivity contribution in [3.8, 4) is 0 Å². The molecule has 98 valence electrons. The maximum absolute atomic E-state index is 11.3. The van der Waals surface area contributed by atoms with E-state index in [0.29, 0.717) is 0 Å². The van der Waals surface area contributed by atoms with Crippen molar-refractivity contribution in [2.75, 3.05) is 6.61 Å². The van der Waals surface area contributed by atoms with Crippen LogP contribution in [0.2, 0.25) is 0 Å². The van der Waals surface area contributed by atoms with Gasteiger partial charge in [-0.3, -0.25) is 9.78 Å². The molecule has 2 heterocycles. The number of carbonyl (C=O) groups excluding carboxylic acids is 1. The summed E-state index contributed by atoms with van der Waals surface area (Å²) >= 11 is 0. The molecule has 5 N–H and O–H groups in total. The standard InChI is InChI=1S/C11H14N2O5/c12-11(17)5-2-1-3-13-7(5)10-9(16)8(15)6(4-14)18-10/h1-3,6,8-10,14-16H,4H2,(H2,12,17)/t6-,8-,9-,10+/m1/s1. The molecule has 1 aromatic heterocycles. The van der Waals surface area contributed by atoms with Crippen LogP contribution < -0.4 is 5.73 Å². The average molecular weight is 254 g/mol. The minimum Gasteiger partial charge on any atom is -0.394 e. The molecule has 1 aliphatic heterocycles. The van der Waals surface area contributed by atoms with E-state index >= 15 is 0 Å². The van der Waals surface area contributed by atoms with Crippen molar-refractivity contribution in [1.82, 2.24) is 4.98 Å². The summed E-state index contributed by atoms with van der Waals surface area (Å²) in [7, 11) is 0. The number of primary amides is 1. The Labute approximate surface area is 103 Å². The molecule has 7 nitrogen and oxygen atoms in total. The summed E-state index contributed by atoms with van der Waals surface area (Å²) in [6.45, 7) is -0.437. The first-order valence-corrected chi connectivity index (χ1v) is 5.43. The highest BCUT2D eigenvalue weighted by Gasteiger charge is 2.44. The van der Waals surface area contributed by atoms with Crippen molar-refractivity contribution >= 4 is 5.91 Å². The quantitative estimate of drug-likeness (QED) is 0.511. The molecule has 0 aromatic carbocycles. The van der Waals surface area contributed by atoms with Crippen LogP contribution in [-0.4, -0.2) is 51.1 Å². The highest BCUT2D eigenvalue weighted by atomic mass is 16.6. The number of ether oxygens (including phenoxy) is 1. The second kappa shape index (κ2) is 4.99. The fourth-order valence-corrected chi connectivity index (χ4v) is 1.98. The minimum absolute atomic E-state index is 0.118. The highest BCUT2D eigenvalue weighted by Crippen LogP contribution is 2.33. The number of nitrogens with two attached hydrogens (primary N) is 1. The Morgan fingerprint density at radius 1 is 1.44 bits per heavy atom. The van der Waals surface area contributed by atoms with Gasteiger partial charge in [-0.15, -0.1) is 0 Å². The summed E-state index contributed by atoms with van der Waals surface area (Å²) < 4.78 is 5.29. The van der Waals surface area contributed by atoms with Gasteiger partial charge in [0.2, 0.25) is 0 Å². The Kier molecular flexibility index (Phi) is 3.58. The van der Waals surface area contributed by atoms with Crippen molar-refractivity contribution < 1.29 is 24.9 Å². The Balaban J connectivity index is 2.35. The van der Waals surface area contributed by atoms with Gasteiger partial charge >= 0.3 is 0 Å². The summed E-state index contributed by atoms with van der Waals surface area (Å²) in [5, 5.41) is 28.5. The van der Waals surface area contributed by atoms with E-state index in [1.165, 1.54) is 18.3 Å². The second-order valence-corrected chi connectivity index (χ2v) is 4.06. The van der Waals surface area contributed by atoms with Crippen molar-refractivity contribution in [3.05, 3.63) is 29.6 Å². The summed E-state index contributed by atoms with van der Waals surface area (Å²) in [6, 6.07) is 2.99. The molecule has 1 saturated heterocycles. The van der Waals surface area contributed by atoms with Crippen LogP contribution in [0.4, 0.5) is 0 Å². The smallest absolute Gasteiger partial charge is 0.250 e. The van der Waals surface area contributed by atoms with Crippen molar-refractivity contribution in [2.24, 2.45) is 5.73 Å². The fourth-order valence-electron chi connectivity index (χ4n) is 1.98. The monoisotopic (exact) mass is 254 g/mol. The predicted molar refractivity (Wildman–Crippen MR) is 59.5 cm³/mol. The van der Waals surface area contributed by atoms with Gasteiger partial charge < -0.3 is 25.8 Å². The zero-order chi connectivity index (χ0) is 13.3. The first-order chi connectivity index (χ1) is 8.56. The zero-order valence-electron chi connectivity index (χ0n) is 9.43. The van der Waals surface area contributed by atoms with Crippen molar-refractivity contribution in [1.29, 1.82) is 0 Å². The third-order valence-electron chi connectivity index (χ3n) is 2.92. The number of nitrogens with zero attached hydrogens (tertiary/aromatic N) is 1. The molecule has 1 fully saturated rings. The van der Waals surface area contributed by atoms with Gasteiger partial charge in [0, 0.05) is 6.20 Å². The molecule has 4 atom stereocenters. The van der Waals surface area contributed by atoms with Gasteiger partial charge in [-0.2, -0.15) is 0 Å². The van der Waals surface area contributed by atoms with E-state index in [1.807, 2.05) is 0 Å². The number of aliphatic hydroxyl groups excluding tert-OH is 3. The van der Waals surface area contributed by atoms with Gasteiger partial charge in [-0.1, -0.05) is 0 Å². The van der Waals surface area contributed by atoms with Crippen molar-refractivity contribution in [3.63, 3.8) is 0 Å². The first-order valence-electron chi connectivity index (χ1n) is 5.43. The van der Waals surface area contributed by atoms with E-state index in [-0.39, 0.29) is 11.3 Å². The lowest BCUT2D eigenvalue weighted by molar-refractivity contribution is -0.0241. The topological polar surface area (TPSA) is 126 Å². The van der Waals surface area contributed by atoms with Gasteiger partial charge in [0.15, 0.2) is 0 Å². The first kappa shape index (κ1) is 12.9. The van der Waals surface area contributed by atoms with E-state index in [2.05, 4.69) is 4.98 Å². The molecule has 2 rings (SSSR count). The molecule has 0 spiro atoms. The minimum atomic E-state index is -1.27. The van der Waals surface area contributed by atoms with E-state index in [9.17, 15) is 15.0 Å². The highest BCUT2D eigenvalue weighted by molar-refractivity contribution is 5.94. The molecule has 18 heavy (non-hydrogen) atoms. The van der Waals surface area contributed by atoms with Crippen LogP contribution in [-0.2, 0) is 4.74 Å². The zero-order valence-corrected chi connectivity index (χ0v) is 9.43. The molecule has 0 saturated carbocycles. The van der Waals surface area contributed by atoms with Gasteiger partial charge in [-0.25, -0.2) is 0 Å². The number of hydrogen-bond donors (Lipinski definition) is 4. The summed E-state index contributed by atoms with van der Waals surface area (Å²) in [6.07, 6.45) is -2.97. The molecule has 1 aliphatic rings. The largest absolute Gasteiger partial charge is 0.394 e. The molecule has 0 radical (unpaired) electrons. The summed E-state index contributed by atoms with van der Waals surface area (Å²) in [5.41, 5.74) is 5.48. The van der Waals surface area contributed by atoms with E-state index in [0.717, 1.165) is 0 Å². The van der Waals surface area contributed by atoms with Crippen LogP contribution in [0.5, 0.6) is 0 Å². The number of aliphatic hydroxyl groups is 3. The Morgan fingerprint density at radius 3 is 2.72 bits per heavy atom. The van der Waals surface area contributed by atoms with Crippen LogP contribution in [0.3, 0.4) is 0 Å². The average Bonchev–Trinajstić information content (AvgIpc) is 2.66. The molecule has 0 bridgehead atoms. The number of rotatable bonds is 3. The Bertz CT molecular complexity index is 453. The number of carbonyl (C=O) groups is 1. The number of hydrogen-bond acceptors (Lipinski definition) is 6. The maximum Gasteiger partial charge on any atom is 0.250 e.